The van der Waals surface area contributed by atoms with E-state index in [1.54, 1.807) is 24.3 Å². The van der Waals surface area contributed by atoms with Crippen LogP contribution in [0.15, 0.2) is 29.3 Å². The van der Waals surface area contributed by atoms with Crippen LogP contribution in [0.3, 0.4) is 0 Å². The van der Waals surface area contributed by atoms with Crippen LogP contribution >= 0.6 is 11.6 Å². The number of nitrogens with two attached hydrogens (primary N) is 1. The van der Waals surface area contributed by atoms with Crippen molar-refractivity contribution in [3.8, 4) is 0 Å². The molecule has 0 radical (unpaired) electrons. The number of rotatable bonds is 4. The maximum atomic E-state index is 10.4. The Balaban J connectivity index is 2.76. The largest absolute Gasteiger partial charge is 0.481 e. The van der Waals surface area contributed by atoms with Crippen LogP contribution in [-0.2, 0) is 11.2 Å². The normalized spacial score (nSPS) is 11.4. The molecule has 0 aliphatic heterocycles. The monoisotopic (exact) mass is 226 g/mol. The second-order valence-corrected chi connectivity index (χ2v) is 3.24. The van der Waals surface area contributed by atoms with Gasteiger partial charge in [-0.25, -0.2) is 4.99 Å². The Kier molecular flexibility index (Phi) is 4.12. The number of hydrogen-bond donors (Lipinski definition) is 2. The summed E-state index contributed by atoms with van der Waals surface area (Å²) in [6, 6.07) is 6.82. The smallest absolute Gasteiger partial charge is 0.307 e. The summed E-state index contributed by atoms with van der Waals surface area (Å²) in [5, 5.41) is 8.55. The van der Waals surface area contributed by atoms with Crippen LogP contribution in [-0.4, -0.2) is 22.8 Å². The topological polar surface area (TPSA) is 75.7 Å². The van der Waals surface area contributed by atoms with Crippen LogP contribution in [0.5, 0.6) is 0 Å². The highest BCUT2D eigenvalue weighted by Crippen LogP contribution is 2.13. The Morgan fingerprint density at radius 3 is 2.47 bits per heavy atom. The molecule has 0 spiro atoms. The van der Waals surface area contributed by atoms with Gasteiger partial charge in [-0.05, 0) is 17.7 Å². The molecule has 1 rings (SSSR count). The van der Waals surface area contributed by atoms with Crippen LogP contribution < -0.4 is 5.73 Å². The molecular weight excluding hydrogens is 216 g/mol. The molecule has 0 bridgehead atoms. The van der Waals surface area contributed by atoms with Crippen LogP contribution in [0, 0.1) is 0 Å². The maximum Gasteiger partial charge on any atom is 0.307 e. The van der Waals surface area contributed by atoms with Gasteiger partial charge in [0.15, 0.2) is 0 Å². The number of carboxylic acid groups (broad SMARTS) is 1. The Hall–Kier alpha value is -1.55. The fraction of sp³-hybridized carbons (Fsp3) is 0.200. The van der Waals surface area contributed by atoms with Crippen molar-refractivity contribution in [2.45, 2.75) is 6.42 Å². The molecule has 0 aromatic heterocycles. The van der Waals surface area contributed by atoms with E-state index in [0.717, 1.165) is 5.56 Å². The summed E-state index contributed by atoms with van der Waals surface area (Å²) in [5.41, 5.74) is 6.84. The summed E-state index contributed by atoms with van der Waals surface area (Å²) in [6.07, 6.45) is 0.00891. The first-order valence-electron chi connectivity index (χ1n) is 4.31. The Labute approximate surface area is 92.4 Å². The highest BCUT2D eigenvalue weighted by molar-refractivity contribution is 6.28. The number of aliphatic carboxylic acids is 1. The van der Waals surface area contributed by atoms with Crippen LogP contribution in [0.1, 0.15) is 5.56 Å². The van der Waals surface area contributed by atoms with E-state index >= 15 is 0 Å². The number of carbonyl (C=O) groups is 1. The van der Waals surface area contributed by atoms with E-state index < -0.39 is 5.97 Å². The number of benzene rings is 1. The van der Waals surface area contributed by atoms with Crippen molar-refractivity contribution in [1.82, 2.24) is 0 Å². The van der Waals surface area contributed by atoms with E-state index in [1.807, 2.05) is 0 Å². The second-order valence-electron chi connectivity index (χ2n) is 2.97. The minimum absolute atomic E-state index is 0.00891. The highest BCUT2D eigenvalue weighted by atomic mass is 35.5. The summed E-state index contributed by atoms with van der Waals surface area (Å²) in [5.74, 6) is -0.342. The number of halogens is 1. The number of hydrogen-bond acceptors (Lipinski definition) is 2. The van der Waals surface area contributed by atoms with Gasteiger partial charge in [0.25, 0.3) is 0 Å². The molecule has 0 aliphatic carbocycles. The molecule has 1 aromatic carbocycles. The fourth-order valence-electron chi connectivity index (χ4n) is 1.06. The molecule has 0 amide bonds. The van der Waals surface area contributed by atoms with Crippen LogP contribution in [0.4, 0.5) is 5.69 Å². The summed E-state index contributed by atoms with van der Waals surface area (Å²) >= 11 is 5.47. The highest BCUT2D eigenvalue weighted by Gasteiger charge is 1.99. The molecule has 1 aromatic rings. The SMILES string of the molecule is NC(CCl)=Nc1ccc(CC(=O)O)cc1. The zero-order chi connectivity index (χ0) is 11.3. The van der Waals surface area contributed by atoms with Gasteiger partial charge < -0.3 is 10.8 Å². The van der Waals surface area contributed by atoms with E-state index in [0.29, 0.717) is 11.5 Å². The summed E-state index contributed by atoms with van der Waals surface area (Å²) < 4.78 is 0. The third-order valence-electron chi connectivity index (χ3n) is 1.70. The Morgan fingerprint density at radius 1 is 1.40 bits per heavy atom. The average molecular weight is 227 g/mol. The number of carboxylic acids is 1. The number of aliphatic imine (C=N–C) groups is 1. The van der Waals surface area contributed by atoms with Crippen molar-refractivity contribution < 1.29 is 9.90 Å². The molecule has 5 heteroatoms. The summed E-state index contributed by atoms with van der Waals surface area (Å²) in [6.45, 7) is 0. The Morgan fingerprint density at radius 2 is 2.00 bits per heavy atom. The van der Waals surface area contributed by atoms with Crippen molar-refractivity contribution >= 4 is 29.1 Å². The first kappa shape index (κ1) is 11.5. The lowest BCUT2D eigenvalue weighted by Gasteiger charge is -1.99. The van der Waals surface area contributed by atoms with E-state index in [1.165, 1.54) is 0 Å². The van der Waals surface area contributed by atoms with Gasteiger partial charge in [0.05, 0.1) is 18.0 Å². The van der Waals surface area contributed by atoms with Crippen molar-refractivity contribution in [3.05, 3.63) is 29.8 Å². The minimum atomic E-state index is -0.855. The Bertz CT molecular complexity index is 374. The third kappa shape index (κ3) is 3.99. The number of alkyl halides is 1. The number of amidine groups is 1. The zero-order valence-corrected chi connectivity index (χ0v) is 8.74. The van der Waals surface area contributed by atoms with Gasteiger partial charge in [-0.15, -0.1) is 11.6 Å². The molecule has 0 saturated carbocycles. The standard InChI is InChI=1S/C10H11ClN2O2/c11-6-9(12)13-8-3-1-7(2-4-8)5-10(14)15/h1-4H,5-6H2,(H2,12,13)(H,14,15). The molecular formula is C10H11ClN2O2. The second kappa shape index (κ2) is 5.36. The van der Waals surface area contributed by atoms with Gasteiger partial charge in [0.2, 0.25) is 0 Å². The molecule has 3 N–H and O–H groups in total. The van der Waals surface area contributed by atoms with E-state index in [9.17, 15) is 4.79 Å². The lowest BCUT2D eigenvalue weighted by atomic mass is 10.1. The lowest BCUT2D eigenvalue weighted by molar-refractivity contribution is -0.136. The lowest BCUT2D eigenvalue weighted by Crippen LogP contribution is -2.12. The van der Waals surface area contributed by atoms with Gasteiger partial charge in [-0.2, -0.15) is 0 Å². The van der Waals surface area contributed by atoms with Gasteiger partial charge in [0, 0.05) is 0 Å². The molecule has 0 atom stereocenters. The zero-order valence-electron chi connectivity index (χ0n) is 7.98. The van der Waals surface area contributed by atoms with Crippen molar-refractivity contribution in [3.63, 3.8) is 0 Å². The number of nitrogens with zero attached hydrogens (tertiary/aromatic N) is 1. The predicted octanol–water partition coefficient (Wildman–Crippen LogP) is 1.54. The first-order chi connectivity index (χ1) is 7.11. The molecule has 0 saturated heterocycles. The molecule has 0 unspecified atom stereocenters. The fourth-order valence-corrected chi connectivity index (χ4v) is 1.12. The molecule has 4 nitrogen and oxygen atoms in total. The van der Waals surface area contributed by atoms with Crippen molar-refractivity contribution in [2.75, 3.05) is 5.88 Å². The van der Waals surface area contributed by atoms with Crippen LogP contribution in [0.2, 0.25) is 0 Å². The maximum absolute atomic E-state index is 10.4. The quantitative estimate of drug-likeness (QED) is 0.465. The van der Waals surface area contributed by atoms with Gasteiger partial charge in [-0.3, -0.25) is 4.79 Å². The average Bonchev–Trinajstić information content (AvgIpc) is 2.20. The predicted molar refractivity (Wildman–Crippen MR) is 59.8 cm³/mol. The first-order valence-corrected chi connectivity index (χ1v) is 4.85. The van der Waals surface area contributed by atoms with Gasteiger partial charge in [0.1, 0.15) is 5.84 Å². The molecule has 15 heavy (non-hydrogen) atoms. The van der Waals surface area contributed by atoms with E-state index in [-0.39, 0.29) is 12.3 Å². The minimum Gasteiger partial charge on any atom is -0.481 e. The van der Waals surface area contributed by atoms with Crippen molar-refractivity contribution in [2.24, 2.45) is 10.7 Å². The van der Waals surface area contributed by atoms with Crippen LogP contribution in [0.25, 0.3) is 0 Å². The summed E-state index contributed by atoms with van der Waals surface area (Å²) in [4.78, 5) is 14.4. The molecule has 0 heterocycles. The van der Waals surface area contributed by atoms with Gasteiger partial charge >= 0.3 is 5.97 Å². The molecule has 0 fully saturated rings. The van der Waals surface area contributed by atoms with E-state index in [4.69, 9.17) is 22.4 Å². The van der Waals surface area contributed by atoms with E-state index in [2.05, 4.69) is 4.99 Å². The van der Waals surface area contributed by atoms with Gasteiger partial charge in [-0.1, -0.05) is 12.1 Å². The third-order valence-corrected chi connectivity index (χ3v) is 1.98. The molecule has 80 valence electrons. The molecule has 0 aliphatic rings. The summed E-state index contributed by atoms with van der Waals surface area (Å²) in [7, 11) is 0. The van der Waals surface area contributed by atoms with Crippen molar-refractivity contribution in [1.29, 1.82) is 0 Å².